The monoisotopic (exact) mass is 813 g/mol. The fourth-order valence-corrected chi connectivity index (χ4v) is 7.94. The summed E-state index contributed by atoms with van der Waals surface area (Å²) < 4.78 is 351. The molecule has 1 aromatic heterocycles. The number of rotatable bonds is 5. The van der Waals surface area contributed by atoms with Crippen molar-refractivity contribution in [3.8, 4) is 44.5 Å². The minimum Gasteiger partial charge on any atom is -0.456 e. The third-order valence-corrected chi connectivity index (χ3v) is 10.5. The molecule has 0 amide bonds. The summed E-state index contributed by atoms with van der Waals surface area (Å²) in [5, 5.41) is -2.67. The van der Waals surface area contributed by atoms with Gasteiger partial charge in [0.25, 0.3) is 0 Å². The minimum absolute atomic E-state index is 0.290. The Balaban J connectivity index is 1.29. The van der Waals surface area contributed by atoms with Crippen LogP contribution in [0.3, 0.4) is 0 Å². The fourth-order valence-electron chi connectivity index (χ4n) is 7.94. The number of anilines is 3. The van der Waals surface area contributed by atoms with Crippen LogP contribution in [0.15, 0.2) is 228 Å². The second-order valence-corrected chi connectivity index (χ2v) is 13.5. The van der Waals surface area contributed by atoms with Gasteiger partial charge in [0.15, 0.2) is 0 Å². The summed E-state index contributed by atoms with van der Waals surface area (Å²) in [4.78, 5) is 0.290. The lowest BCUT2D eigenvalue weighted by molar-refractivity contribution is 0.669. The number of furan rings is 1. The maximum absolute atomic E-state index is 10.9. The molecule has 0 saturated heterocycles. The largest absolute Gasteiger partial charge is 0.456 e. The maximum Gasteiger partial charge on any atom is 0.137 e. The van der Waals surface area contributed by atoms with Gasteiger partial charge in [0, 0.05) is 33.9 Å². The van der Waals surface area contributed by atoms with E-state index >= 15 is 0 Å². The van der Waals surface area contributed by atoms with E-state index in [4.69, 9.17) is 29.1 Å². The Morgan fingerprint density at radius 1 is 0.328 bits per heavy atom. The van der Waals surface area contributed by atoms with Gasteiger partial charge in [-0.25, -0.2) is 0 Å². The third-order valence-electron chi connectivity index (χ3n) is 10.5. The Hall–Kier alpha value is -7.94. The molecule has 0 fully saturated rings. The lowest BCUT2D eigenvalue weighted by atomic mass is 9.70. The fraction of sp³-hybridized carbons (Fsp3) is 0.0169. The average Bonchev–Trinajstić information content (AvgIpc) is 1.47. The van der Waals surface area contributed by atoms with E-state index in [2.05, 4.69) is 0 Å². The van der Waals surface area contributed by atoms with Crippen LogP contribution in [0.1, 0.15) is 73.0 Å². The zero-order valence-corrected chi connectivity index (χ0v) is 30.4. The first kappa shape index (κ1) is 13.8. The molecule has 10 aromatic carbocycles. The van der Waals surface area contributed by atoms with Gasteiger partial charge in [-0.15, -0.1) is 0 Å². The van der Waals surface area contributed by atoms with E-state index in [-0.39, 0.29) is 4.90 Å². The van der Waals surface area contributed by atoms with Crippen molar-refractivity contribution in [2.45, 2.75) is 5.41 Å². The molecule has 284 valence electrons. The Labute approximate surface area is 406 Å². The van der Waals surface area contributed by atoms with Crippen LogP contribution in [-0.4, -0.2) is 0 Å². The number of hydrogen-bond donors (Lipinski definition) is 0. The first-order chi connectivity index (χ1) is 45.7. The molecule has 2 aliphatic rings. The smallest absolute Gasteiger partial charge is 0.137 e. The quantitative estimate of drug-likeness (QED) is 0.172. The van der Waals surface area contributed by atoms with Crippen molar-refractivity contribution in [3.05, 3.63) is 246 Å². The van der Waals surface area contributed by atoms with Gasteiger partial charge in [-0.2, -0.15) is 0 Å². The number of nitrogens with zero attached hydrogens (tertiary/aromatic N) is 1. The van der Waals surface area contributed by atoms with Crippen molar-refractivity contribution in [1.29, 1.82) is 0 Å². The number of benzene rings is 10. The SMILES string of the molecule is [2H]c1c([2H])c([2H])c(-c2c([2H])c([2H])c3c(c2[2H])C2(c4c([2H])c([2H])c([2H])c([2H])c4-3)c3c([2H])c([2H])c([2H])c([2H])c3-c3c([2H])c([2H])c(N(c4c([2H])c([2H])c(-c5c([2H])c([2H])c([2H])c6c([2H])c([2H])c([2H])c([2H])c56)c([2H])c4[2H])c4c([2H])c([2H])c5c(oc6c([2H])c([2H])c([2H])c([2H])c65)c4[2H])c([2H])c32)c([2H])c1[2H]. The Bertz CT molecular complexity index is 5650. The summed E-state index contributed by atoms with van der Waals surface area (Å²) in [6, 6.07) is -40.9. The van der Waals surface area contributed by atoms with Gasteiger partial charge in [-0.3, -0.25) is 0 Å². The molecule has 0 N–H and O–H groups in total. The lowest BCUT2D eigenvalue weighted by Gasteiger charge is -2.32. The normalized spacial score (nSPS) is 23.1. The maximum atomic E-state index is 10.9. The second kappa shape index (κ2) is 13.0. The van der Waals surface area contributed by atoms with Crippen LogP contribution < -0.4 is 4.90 Å². The van der Waals surface area contributed by atoms with Crippen LogP contribution in [0.2, 0.25) is 0 Å². The van der Waals surface area contributed by atoms with Crippen molar-refractivity contribution < 1.29 is 55.1 Å². The molecule has 0 aliphatic heterocycles. The third kappa shape index (κ3) is 4.91. The van der Waals surface area contributed by atoms with E-state index in [1.807, 2.05) is 0 Å². The van der Waals surface area contributed by atoms with Crippen molar-refractivity contribution in [2.75, 3.05) is 4.90 Å². The molecule has 2 heteroatoms. The highest BCUT2D eigenvalue weighted by Crippen LogP contribution is 2.63. The Morgan fingerprint density at radius 3 is 1.67 bits per heavy atom. The standard InChI is InChI=1S/C59H37NO/c1-2-13-38(14-3-1)41-27-32-49-47-18-6-9-22-53(47)59(55(49)35-41)54-23-10-7-19-48(54)50-33-30-43(36-56(50)59)60(44-31-34-52-51-20-8-11-24-57(51)61-58(52)37-44)42-28-25-40(26-29-42)46-21-12-16-39-15-4-5-17-45(39)46/h1-37H/i1D,2D,3D,4D,5D,6D,7D,8D,9D,10D,11D,12D,13D,14D,15D,16D,17D,18D,19D,20D,21D,22D,23D,24D,25D,26D,27D,28D,29D,30D,31D,32D,33D,34D,35D,36D,37D. The number of fused-ring (bicyclic) bond motifs is 14. The van der Waals surface area contributed by atoms with Crippen LogP contribution in [-0.2, 0) is 5.41 Å². The van der Waals surface area contributed by atoms with Gasteiger partial charge < -0.3 is 9.32 Å². The highest BCUT2D eigenvalue weighted by atomic mass is 16.3. The second-order valence-electron chi connectivity index (χ2n) is 13.5. The molecular formula is C59H37NO. The molecule has 2 aliphatic carbocycles. The summed E-state index contributed by atoms with van der Waals surface area (Å²) in [5.41, 5.74) is -19.6. The van der Waals surface area contributed by atoms with E-state index in [1.165, 1.54) is 0 Å². The lowest BCUT2D eigenvalue weighted by Crippen LogP contribution is -2.26. The first-order valence-corrected chi connectivity index (χ1v) is 18.1. The van der Waals surface area contributed by atoms with Gasteiger partial charge in [-0.1, -0.05) is 169 Å². The molecule has 11 aromatic rings. The number of para-hydroxylation sites is 1. The zero-order chi connectivity index (χ0) is 72.3. The van der Waals surface area contributed by atoms with E-state index < -0.39 is 346 Å². The predicted octanol–water partition coefficient (Wildman–Crippen LogP) is 15.9. The van der Waals surface area contributed by atoms with Gasteiger partial charge in [0.1, 0.15) is 11.2 Å². The molecule has 0 bridgehead atoms. The van der Waals surface area contributed by atoms with Crippen LogP contribution in [0.5, 0.6) is 0 Å². The first-order valence-electron chi connectivity index (χ1n) is 36.6. The van der Waals surface area contributed by atoms with Crippen LogP contribution in [0, 0.1) is 0 Å². The highest BCUT2D eigenvalue weighted by Gasteiger charge is 2.52. The zero-order valence-electron chi connectivity index (χ0n) is 67.4. The Kier molecular flexibility index (Phi) is 2.95. The van der Waals surface area contributed by atoms with E-state index in [0.29, 0.717) is 0 Å². The topological polar surface area (TPSA) is 16.4 Å². The summed E-state index contributed by atoms with van der Waals surface area (Å²) >= 11 is 0. The Morgan fingerprint density at radius 2 is 0.869 bits per heavy atom. The van der Waals surface area contributed by atoms with E-state index in [9.17, 15) is 26.0 Å². The molecule has 1 unspecified atom stereocenters. The molecule has 2 nitrogen and oxygen atoms in total. The molecule has 61 heavy (non-hydrogen) atoms. The van der Waals surface area contributed by atoms with Gasteiger partial charge >= 0.3 is 0 Å². The molecule has 1 heterocycles. The van der Waals surface area contributed by atoms with Crippen molar-refractivity contribution in [2.24, 2.45) is 0 Å². The van der Waals surface area contributed by atoms with E-state index in [1.54, 1.807) is 0 Å². The predicted molar refractivity (Wildman–Crippen MR) is 253 cm³/mol. The van der Waals surface area contributed by atoms with Crippen molar-refractivity contribution in [1.82, 2.24) is 0 Å². The molecule has 1 spiro atoms. The summed E-state index contributed by atoms with van der Waals surface area (Å²) in [7, 11) is 0. The van der Waals surface area contributed by atoms with Crippen molar-refractivity contribution >= 4 is 49.8 Å². The minimum atomic E-state index is -3.26. The molecule has 0 saturated carbocycles. The van der Waals surface area contributed by atoms with Crippen LogP contribution >= 0.6 is 0 Å². The highest BCUT2D eigenvalue weighted by molar-refractivity contribution is 6.06. The van der Waals surface area contributed by atoms with Crippen molar-refractivity contribution in [3.63, 3.8) is 0 Å². The summed E-state index contributed by atoms with van der Waals surface area (Å²) in [6.45, 7) is 0. The number of hydrogen-bond acceptors (Lipinski definition) is 2. The summed E-state index contributed by atoms with van der Waals surface area (Å²) in [6.07, 6.45) is 0. The van der Waals surface area contributed by atoms with Gasteiger partial charge in [0.05, 0.1) is 56.1 Å². The van der Waals surface area contributed by atoms with Gasteiger partial charge in [-0.05, 0) is 126 Å². The molecular weight excluding hydrogens is 739 g/mol. The molecule has 0 radical (unpaired) electrons. The van der Waals surface area contributed by atoms with Gasteiger partial charge in [0.2, 0.25) is 0 Å². The summed E-state index contributed by atoms with van der Waals surface area (Å²) in [5.74, 6) is 0. The van der Waals surface area contributed by atoms with Crippen LogP contribution in [0.25, 0.3) is 77.2 Å². The van der Waals surface area contributed by atoms with E-state index in [0.717, 1.165) is 0 Å². The average molecular weight is 813 g/mol. The molecule has 13 rings (SSSR count). The van der Waals surface area contributed by atoms with Crippen LogP contribution in [0.4, 0.5) is 17.1 Å². The molecule has 1 atom stereocenters.